The summed E-state index contributed by atoms with van der Waals surface area (Å²) in [6.07, 6.45) is -0.714. The molecule has 17 heteroatoms. The maximum Gasteiger partial charge on any atom is 0.320 e. The topological polar surface area (TPSA) is 197 Å². The highest BCUT2D eigenvalue weighted by Crippen LogP contribution is 2.36. The third-order valence-electron chi connectivity index (χ3n) is 12.7. The van der Waals surface area contributed by atoms with Crippen LogP contribution in [0.1, 0.15) is 68.7 Å². The number of aryl methyl sites for hydroxylation is 1. The number of para-hydroxylation sites is 1. The van der Waals surface area contributed by atoms with E-state index in [1.165, 1.54) is 4.90 Å². The molecule has 3 fully saturated rings. The number of hydrogen-bond donors (Lipinski definition) is 4. The Bertz CT molecular complexity index is 2640. The highest BCUT2D eigenvalue weighted by atomic mass is 32.1. The third-order valence-corrected chi connectivity index (χ3v) is 13.7. The molecule has 0 spiro atoms. The lowest BCUT2D eigenvalue weighted by Crippen LogP contribution is -2.58. The zero-order chi connectivity index (χ0) is 44.2. The molecular weight excluding hydrogens is 821 g/mol. The summed E-state index contributed by atoms with van der Waals surface area (Å²) in [7, 11) is 0. The maximum atomic E-state index is 14.4. The van der Waals surface area contributed by atoms with Crippen LogP contribution in [0.5, 0.6) is 5.75 Å². The Labute approximate surface area is 368 Å². The number of urea groups is 1. The monoisotopic (exact) mass is 872 g/mol. The van der Waals surface area contributed by atoms with Gasteiger partial charge in [-0.05, 0) is 62.1 Å². The lowest BCUT2D eigenvalue weighted by atomic mass is 9.91. The second-order valence-electron chi connectivity index (χ2n) is 17.8. The molecule has 7 heterocycles. The lowest BCUT2D eigenvalue weighted by molar-refractivity contribution is -0.141. The molecular formula is C46H52N10O6S. The Morgan fingerprint density at radius 1 is 0.952 bits per heavy atom. The van der Waals surface area contributed by atoms with E-state index >= 15 is 0 Å². The molecule has 9 rings (SSSR count). The molecule has 0 saturated carbocycles. The molecule has 0 bridgehead atoms. The number of piperazine rings is 1. The molecule has 4 amide bonds. The van der Waals surface area contributed by atoms with Gasteiger partial charge in [0.2, 0.25) is 11.8 Å². The highest BCUT2D eigenvalue weighted by Gasteiger charge is 2.45. The van der Waals surface area contributed by atoms with Gasteiger partial charge in [0.15, 0.2) is 17.2 Å². The van der Waals surface area contributed by atoms with Crippen molar-refractivity contribution in [2.75, 3.05) is 50.7 Å². The number of thiazole rings is 1. The van der Waals surface area contributed by atoms with E-state index < -0.39 is 23.6 Å². The number of fused-ring (bicyclic) bond motifs is 1. The van der Waals surface area contributed by atoms with Crippen LogP contribution in [0.3, 0.4) is 0 Å². The number of H-pyrrole nitrogens is 1. The van der Waals surface area contributed by atoms with Gasteiger partial charge in [-0.1, -0.05) is 55.4 Å². The number of phenols is 1. The quantitative estimate of drug-likeness (QED) is 0.129. The average molecular weight is 873 g/mol. The Morgan fingerprint density at radius 3 is 2.40 bits per heavy atom. The minimum atomic E-state index is -0.858. The molecule has 0 aliphatic carbocycles. The van der Waals surface area contributed by atoms with E-state index in [0.717, 1.165) is 32.8 Å². The summed E-state index contributed by atoms with van der Waals surface area (Å²) in [5.74, 6) is -0.280. The first kappa shape index (κ1) is 42.0. The molecule has 3 aliphatic heterocycles. The number of benzene rings is 2. The number of carbonyl (C=O) groups excluding carboxylic acids is 3. The SMILES string of the molecule is Cc1ncsc1-c1ccc(C(C)(C)NC(=O)[C@@H]2C[C@@H](O)CN2C(=O)C(c2cc(N3CCN(C(=O)N4CC(c5cc6cc(-c7ccccc7O)nnc6[nH]5)C4)CC3)no2)C(C)C)cc1. The molecule has 0 radical (unpaired) electrons. The van der Waals surface area contributed by atoms with Gasteiger partial charge >= 0.3 is 6.03 Å². The highest BCUT2D eigenvalue weighted by molar-refractivity contribution is 7.13. The van der Waals surface area contributed by atoms with Crippen LogP contribution in [-0.4, -0.2) is 126 Å². The molecule has 3 atom stereocenters. The predicted molar refractivity (Wildman–Crippen MR) is 238 cm³/mol. The summed E-state index contributed by atoms with van der Waals surface area (Å²) in [6, 6.07) is 20.0. The maximum absolute atomic E-state index is 14.4. The van der Waals surface area contributed by atoms with Gasteiger partial charge in [0.1, 0.15) is 17.7 Å². The number of carbonyl (C=O) groups is 3. The van der Waals surface area contributed by atoms with Crippen LogP contribution in [0.25, 0.3) is 32.7 Å². The molecule has 3 saturated heterocycles. The minimum Gasteiger partial charge on any atom is -0.507 e. The van der Waals surface area contributed by atoms with Crippen molar-refractivity contribution in [1.29, 1.82) is 0 Å². The number of aromatic nitrogens is 5. The summed E-state index contributed by atoms with van der Waals surface area (Å²) >= 11 is 1.59. The first-order valence-corrected chi connectivity index (χ1v) is 22.3. The number of likely N-dealkylation sites (tertiary alicyclic amines) is 2. The summed E-state index contributed by atoms with van der Waals surface area (Å²) in [5, 5.41) is 38.1. The van der Waals surface area contributed by atoms with E-state index in [1.807, 2.05) is 92.4 Å². The average Bonchev–Trinajstić information content (AvgIpc) is 4.07. The molecule has 4 N–H and O–H groups in total. The van der Waals surface area contributed by atoms with Crippen molar-refractivity contribution in [2.45, 2.75) is 70.6 Å². The van der Waals surface area contributed by atoms with Crippen molar-refractivity contribution in [2.24, 2.45) is 5.92 Å². The van der Waals surface area contributed by atoms with Crippen LogP contribution < -0.4 is 10.2 Å². The van der Waals surface area contributed by atoms with E-state index in [1.54, 1.807) is 35.6 Å². The van der Waals surface area contributed by atoms with Gasteiger partial charge in [-0.3, -0.25) is 9.59 Å². The fourth-order valence-electron chi connectivity index (χ4n) is 9.03. The molecule has 63 heavy (non-hydrogen) atoms. The van der Waals surface area contributed by atoms with Crippen molar-refractivity contribution in [3.8, 4) is 27.4 Å². The van der Waals surface area contributed by atoms with Gasteiger partial charge in [0.25, 0.3) is 0 Å². The number of aliphatic hydroxyl groups is 1. The van der Waals surface area contributed by atoms with Crippen LogP contribution in [0, 0.1) is 12.8 Å². The Morgan fingerprint density at radius 2 is 1.70 bits per heavy atom. The zero-order valence-corrected chi connectivity index (χ0v) is 36.8. The number of hydrogen-bond acceptors (Lipinski definition) is 12. The normalized spacial score (nSPS) is 18.9. The smallest absolute Gasteiger partial charge is 0.320 e. The number of anilines is 1. The number of β-amino-alcohol motifs (C(OH)–C–C–N with tert-alkyl or cyclic N) is 1. The number of rotatable bonds is 10. The van der Waals surface area contributed by atoms with E-state index in [0.29, 0.717) is 67.8 Å². The molecule has 2 aromatic carbocycles. The number of amides is 4. The Balaban J connectivity index is 0.793. The van der Waals surface area contributed by atoms with Gasteiger partial charge in [0.05, 0.1) is 33.4 Å². The van der Waals surface area contributed by atoms with Crippen LogP contribution >= 0.6 is 11.3 Å². The lowest BCUT2D eigenvalue weighted by Gasteiger charge is -2.43. The van der Waals surface area contributed by atoms with Gasteiger partial charge in [-0.15, -0.1) is 21.5 Å². The van der Waals surface area contributed by atoms with Crippen LogP contribution in [-0.2, 0) is 15.1 Å². The molecule has 328 valence electrons. The number of aromatic amines is 1. The van der Waals surface area contributed by atoms with E-state index in [9.17, 15) is 24.6 Å². The molecule has 1 unspecified atom stereocenters. The second-order valence-corrected chi connectivity index (χ2v) is 18.7. The number of aromatic hydroxyl groups is 1. The van der Waals surface area contributed by atoms with Crippen molar-refractivity contribution in [3.63, 3.8) is 0 Å². The van der Waals surface area contributed by atoms with Crippen molar-refractivity contribution in [1.82, 2.24) is 45.3 Å². The molecule has 3 aliphatic rings. The molecule has 16 nitrogen and oxygen atoms in total. The van der Waals surface area contributed by atoms with Gasteiger partial charge < -0.3 is 44.6 Å². The number of nitrogens with one attached hydrogen (secondary N) is 2. The Hall–Kier alpha value is -6.33. The summed E-state index contributed by atoms with van der Waals surface area (Å²) in [4.78, 5) is 57.9. The first-order chi connectivity index (χ1) is 30.2. The summed E-state index contributed by atoms with van der Waals surface area (Å²) in [5.41, 5.74) is 6.87. The van der Waals surface area contributed by atoms with Crippen molar-refractivity contribution in [3.05, 3.63) is 95.0 Å². The van der Waals surface area contributed by atoms with Crippen molar-refractivity contribution >= 4 is 46.0 Å². The molecule has 4 aromatic heterocycles. The Kier molecular flexibility index (Phi) is 11.2. The van der Waals surface area contributed by atoms with Crippen LogP contribution in [0.4, 0.5) is 10.6 Å². The van der Waals surface area contributed by atoms with Gasteiger partial charge in [-0.25, -0.2) is 9.78 Å². The minimum absolute atomic E-state index is 0.00961. The standard InChI is InChI=1S/C46H52N10O6S/c1-26(2)40(44(60)56-24-32(57)20-36(56)43(59)49-46(4,5)31-12-10-28(11-13-31)41-27(3)47-25-63-41)38-21-39(52-62-38)53-14-16-54(17-15-53)45(61)55-22-30(23-55)34-18-29-19-35(50-51-42(29)48-34)33-8-6-7-9-37(33)58/h6-13,18-19,21,25-26,30,32,36,40,57-58H,14-17,20,22-24H2,1-5H3,(H,48,51)(H,49,59)/t32-,36+,40?/m1/s1. The fourth-order valence-corrected chi connectivity index (χ4v) is 9.84. The zero-order valence-electron chi connectivity index (χ0n) is 36.0. The number of phenolic OH excluding ortho intramolecular Hbond substituents is 1. The first-order valence-electron chi connectivity index (χ1n) is 21.5. The second kappa shape index (κ2) is 16.7. The van der Waals surface area contributed by atoms with Crippen molar-refractivity contribution < 1.29 is 29.1 Å². The largest absolute Gasteiger partial charge is 0.507 e. The fraction of sp³-hybridized carbons (Fsp3) is 0.413. The van der Waals surface area contributed by atoms with E-state index in [2.05, 4.69) is 35.5 Å². The third kappa shape index (κ3) is 8.22. The van der Waals surface area contributed by atoms with Crippen LogP contribution in [0.2, 0.25) is 0 Å². The molecule has 6 aromatic rings. The van der Waals surface area contributed by atoms with E-state index in [-0.39, 0.29) is 48.4 Å². The predicted octanol–water partition coefficient (Wildman–Crippen LogP) is 5.84. The van der Waals surface area contributed by atoms with Crippen LogP contribution in [0.15, 0.2) is 76.8 Å². The number of aliphatic hydroxyl groups excluding tert-OH is 1. The summed E-state index contributed by atoms with van der Waals surface area (Å²) in [6.45, 7) is 13.0. The van der Waals surface area contributed by atoms with Gasteiger partial charge in [-0.2, -0.15) is 0 Å². The summed E-state index contributed by atoms with van der Waals surface area (Å²) < 4.78 is 5.86. The number of nitrogens with zero attached hydrogens (tertiary/aromatic N) is 8. The van der Waals surface area contributed by atoms with E-state index in [4.69, 9.17) is 4.52 Å². The van der Waals surface area contributed by atoms with Gasteiger partial charge in [0, 0.05) is 80.9 Å².